The first kappa shape index (κ1) is 15.8. The number of halogens is 1. The average Bonchev–Trinajstić information content (AvgIpc) is 2.88. The van der Waals surface area contributed by atoms with Crippen LogP contribution < -0.4 is 10.1 Å². The summed E-state index contributed by atoms with van der Waals surface area (Å²) in [5.74, 6) is 0.926. The van der Waals surface area contributed by atoms with E-state index in [-0.39, 0.29) is 5.41 Å². The summed E-state index contributed by atoms with van der Waals surface area (Å²) in [4.78, 5) is 0. The molecule has 0 bridgehead atoms. The molecule has 0 spiro atoms. The number of rotatable bonds is 8. The Balaban J connectivity index is 1.80. The van der Waals surface area contributed by atoms with Crippen LogP contribution in [0.3, 0.4) is 0 Å². The molecule has 1 aliphatic heterocycles. The highest BCUT2D eigenvalue weighted by molar-refractivity contribution is 9.10. The summed E-state index contributed by atoms with van der Waals surface area (Å²) >= 11 is 3.46. The van der Waals surface area contributed by atoms with Gasteiger partial charge in [-0.3, -0.25) is 0 Å². The fraction of sp³-hybridized carbons (Fsp3) is 0.625. The second-order valence-corrected chi connectivity index (χ2v) is 6.45. The molecule has 0 radical (unpaired) electrons. The summed E-state index contributed by atoms with van der Waals surface area (Å²) in [7, 11) is 0. The highest BCUT2D eigenvalue weighted by Gasteiger charge is 2.34. The summed E-state index contributed by atoms with van der Waals surface area (Å²) < 4.78 is 12.5. The van der Waals surface area contributed by atoms with Gasteiger partial charge in [-0.05, 0) is 44.0 Å². The fourth-order valence-electron chi connectivity index (χ4n) is 2.55. The van der Waals surface area contributed by atoms with Gasteiger partial charge in [-0.1, -0.05) is 28.9 Å². The van der Waals surface area contributed by atoms with Gasteiger partial charge in [-0.2, -0.15) is 0 Å². The van der Waals surface area contributed by atoms with Crippen LogP contribution in [0.15, 0.2) is 28.7 Å². The molecule has 1 aliphatic rings. The lowest BCUT2D eigenvalue weighted by atomic mass is 9.84. The molecule has 0 aliphatic carbocycles. The third kappa shape index (κ3) is 4.76. The molecule has 20 heavy (non-hydrogen) atoms. The zero-order chi connectivity index (χ0) is 14.3. The molecule has 1 aromatic rings. The number of hydrogen-bond donors (Lipinski definition) is 1. The van der Waals surface area contributed by atoms with Gasteiger partial charge < -0.3 is 14.8 Å². The number of ether oxygens (including phenoxy) is 2. The summed E-state index contributed by atoms with van der Waals surface area (Å²) in [6.07, 6.45) is 3.34. The maximum atomic E-state index is 5.87. The minimum Gasteiger partial charge on any atom is -0.494 e. The number of nitrogens with one attached hydrogen (secondary N) is 1. The van der Waals surface area contributed by atoms with Crippen LogP contribution in [0, 0.1) is 5.41 Å². The van der Waals surface area contributed by atoms with Crippen LogP contribution in [0.4, 0.5) is 0 Å². The van der Waals surface area contributed by atoms with Gasteiger partial charge >= 0.3 is 0 Å². The van der Waals surface area contributed by atoms with Crippen molar-refractivity contribution < 1.29 is 9.47 Å². The van der Waals surface area contributed by atoms with Crippen molar-refractivity contribution in [3.8, 4) is 5.75 Å². The van der Waals surface area contributed by atoms with Gasteiger partial charge in [0, 0.05) is 23.0 Å². The van der Waals surface area contributed by atoms with E-state index in [1.807, 2.05) is 24.3 Å². The van der Waals surface area contributed by atoms with Crippen LogP contribution in [0.25, 0.3) is 0 Å². The van der Waals surface area contributed by atoms with Crippen molar-refractivity contribution in [1.29, 1.82) is 0 Å². The quantitative estimate of drug-likeness (QED) is 0.732. The Hall–Kier alpha value is -0.580. The molecule has 0 saturated carbocycles. The SMILES string of the molecule is CCCNCC1(CCOc2cccc(Br)c2)CCOC1. The molecule has 1 unspecified atom stereocenters. The Morgan fingerprint density at radius 1 is 1.45 bits per heavy atom. The van der Waals surface area contributed by atoms with E-state index in [4.69, 9.17) is 9.47 Å². The molecule has 1 aromatic carbocycles. The van der Waals surface area contributed by atoms with Crippen molar-refractivity contribution in [3.63, 3.8) is 0 Å². The molecule has 0 aromatic heterocycles. The van der Waals surface area contributed by atoms with E-state index in [9.17, 15) is 0 Å². The maximum Gasteiger partial charge on any atom is 0.120 e. The molecule has 112 valence electrons. The van der Waals surface area contributed by atoms with E-state index in [1.165, 1.54) is 6.42 Å². The Bertz CT molecular complexity index is 405. The summed E-state index contributed by atoms with van der Waals surface area (Å²) in [5, 5.41) is 3.53. The topological polar surface area (TPSA) is 30.5 Å². The summed E-state index contributed by atoms with van der Waals surface area (Å²) in [5.41, 5.74) is 0.251. The first-order chi connectivity index (χ1) is 9.74. The number of benzene rings is 1. The van der Waals surface area contributed by atoms with Gasteiger partial charge in [-0.25, -0.2) is 0 Å². The molecule has 1 heterocycles. The van der Waals surface area contributed by atoms with E-state index in [0.717, 1.165) is 56.0 Å². The van der Waals surface area contributed by atoms with E-state index in [1.54, 1.807) is 0 Å². The second kappa shape index (κ2) is 8.01. The zero-order valence-electron chi connectivity index (χ0n) is 12.2. The van der Waals surface area contributed by atoms with Gasteiger partial charge in [0.1, 0.15) is 5.75 Å². The summed E-state index contributed by atoms with van der Waals surface area (Å²) in [6.45, 7) is 6.78. The van der Waals surface area contributed by atoms with Crippen LogP contribution in [0.1, 0.15) is 26.2 Å². The average molecular weight is 342 g/mol. The normalized spacial score (nSPS) is 22.1. The number of hydrogen-bond acceptors (Lipinski definition) is 3. The van der Waals surface area contributed by atoms with Gasteiger partial charge in [0.25, 0.3) is 0 Å². The molecule has 1 fully saturated rings. The Morgan fingerprint density at radius 3 is 3.05 bits per heavy atom. The van der Waals surface area contributed by atoms with E-state index < -0.39 is 0 Å². The summed E-state index contributed by atoms with van der Waals surface area (Å²) in [6, 6.07) is 8.01. The maximum absolute atomic E-state index is 5.87. The van der Waals surface area contributed by atoms with Crippen molar-refractivity contribution in [2.45, 2.75) is 26.2 Å². The Labute approximate surface area is 130 Å². The second-order valence-electron chi connectivity index (χ2n) is 5.54. The molecular weight excluding hydrogens is 318 g/mol. The van der Waals surface area contributed by atoms with E-state index in [2.05, 4.69) is 28.2 Å². The van der Waals surface area contributed by atoms with Gasteiger partial charge in [-0.15, -0.1) is 0 Å². The van der Waals surface area contributed by atoms with Gasteiger partial charge in [0.2, 0.25) is 0 Å². The molecular formula is C16H24BrNO2. The van der Waals surface area contributed by atoms with Crippen molar-refractivity contribution in [1.82, 2.24) is 5.32 Å². The van der Waals surface area contributed by atoms with Crippen LogP contribution in [-0.2, 0) is 4.74 Å². The highest BCUT2D eigenvalue weighted by atomic mass is 79.9. The lowest BCUT2D eigenvalue weighted by Gasteiger charge is -2.27. The molecule has 1 N–H and O–H groups in total. The van der Waals surface area contributed by atoms with Crippen LogP contribution in [0.2, 0.25) is 0 Å². The third-order valence-electron chi connectivity index (χ3n) is 3.81. The predicted octanol–water partition coefficient (Wildman–Crippen LogP) is 3.62. The smallest absolute Gasteiger partial charge is 0.120 e. The van der Waals surface area contributed by atoms with Crippen molar-refractivity contribution >= 4 is 15.9 Å². The van der Waals surface area contributed by atoms with Crippen molar-refractivity contribution in [2.24, 2.45) is 5.41 Å². The lowest BCUT2D eigenvalue weighted by Crippen LogP contribution is -2.36. The highest BCUT2D eigenvalue weighted by Crippen LogP contribution is 2.32. The minimum absolute atomic E-state index is 0.251. The van der Waals surface area contributed by atoms with Crippen molar-refractivity contribution in [3.05, 3.63) is 28.7 Å². The Morgan fingerprint density at radius 2 is 2.35 bits per heavy atom. The van der Waals surface area contributed by atoms with Crippen molar-refractivity contribution in [2.75, 3.05) is 32.9 Å². The van der Waals surface area contributed by atoms with E-state index in [0.29, 0.717) is 0 Å². The molecule has 2 rings (SSSR count). The van der Waals surface area contributed by atoms with Crippen LogP contribution >= 0.6 is 15.9 Å². The molecule has 1 saturated heterocycles. The molecule has 3 nitrogen and oxygen atoms in total. The van der Waals surface area contributed by atoms with E-state index >= 15 is 0 Å². The van der Waals surface area contributed by atoms with Crippen LogP contribution in [-0.4, -0.2) is 32.9 Å². The standard InChI is InChI=1S/C16H24BrNO2/c1-2-8-18-12-16(6-9-19-13-16)7-10-20-15-5-3-4-14(17)11-15/h3-5,11,18H,2,6-10,12-13H2,1H3. The third-order valence-corrected chi connectivity index (χ3v) is 4.30. The molecule has 0 amide bonds. The molecule has 1 atom stereocenters. The first-order valence-corrected chi connectivity index (χ1v) is 8.20. The Kier molecular flexibility index (Phi) is 6.33. The first-order valence-electron chi connectivity index (χ1n) is 7.41. The fourth-order valence-corrected chi connectivity index (χ4v) is 2.93. The monoisotopic (exact) mass is 341 g/mol. The lowest BCUT2D eigenvalue weighted by molar-refractivity contribution is 0.129. The zero-order valence-corrected chi connectivity index (χ0v) is 13.7. The minimum atomic E-state index is 0.251. The molecule has 4 heteroatoms. The van der Waals surface area contributed by atoms with Gasteiger partial charge in [0.05, 0.1) is 13.2 Å². The van der Waals surface area contributed by atoms with Gasteiger partial charge in [0.15, 0.2) is 0 Å². The largest absolute Gasteiger partial charge is 0.494 e. The predicted molar refractivity (Wildman–Crippen MR) is 85.3 cm³/mol. The van der Waals surface area contributed by atoms with Crippen LogP contribution in [0.5, 0.6) is 5.75 Å².